The Kier molecular flexibility index (Phi) is 10.6. The molecule has 0 aromatic carbocycles. The fraction of sp³-hybridized carbons (Fsp3) is 0.800. The number of ether oxygens (including phenoxy) is 1. The number of rotatable bonds is 13. The van der Waals surface area contributed by atoms with Crippen LogP contribution < -0.4 is 11.1 Å². The number of likely N-dealkylation sites (tertiary alicyclic amines) is 1. The molecule has 0 aromatic heterocycles. The Bertz CT molecular complexity index is 488. The van der Waals surface area contributed by atoms with Gasteiger partial charge in [-0.05, 0) is 59.0 Å². The number of aliphatic carboxylic acids is 1. The molecule has 1 saturated heterocycles. The zero-order valence-electron chi connectivity index (χ0n) is 17.0. The summed E-state index contributed by atoms with van der Waals surface area (Å²) >= 11 is 0. The van der Waals surface area contributed by atoms with Crippen molar-refractivity contribution in [3.63, 3.8) is 0 Å². The average Bonchev–Trinajstić information content (AvgIpc) is 2.63. The molecule has 0 saturated carbocycles. The van der Waals surface area contributed by atoms with Crippen molar-refractivity contribution in [2.75, 3.05) is 39.3 Å². The Hall–Kier alpha value is -1.44. The van der Waals surface area contributed by atoms with Crippen LogP contribution in [-0.4, -0.2) is 67.3 Å². The van der Waals surface area contributed by atoms with E-state index in [1.807, 2.05) is 13.8 Å². The first kappa shape index (κ1) is 23.6. The lowest BCUT2D eigenvalue weighted by Gasteiger charge is -2.39. The van der Waals surface area contributed by atoms with Gasteiger partial charge in [-0.3, -0.25) is 9.59 Å². The molecule has 1 atom stereocenters. The second kappa shape index (κ2) is 12.1. The fourth-order valence-corrected chi connectivity index (χ4v) is 3.21. The zero-order chi connectivity index (χ0) is 20.3. The fourth-order valence-electron chi connectivity index (χ4n) is 3.21. The van der Waals surface area contributed by atoms with Gasteiger partial charge in [0.1, 0.15) is 0 Å². The lowest BCUT2D eigenvalue weighted by atomic mass is 9.79. The van der Waals surface area contributed by atoms with Crippen molar-refractivity contribution >= 4 is 11.9 Å². The number of carbonyl (C=O) groups is 2. The minimum absolute atomic E-state index is 0.00456. The van der Waals surface area contributed by atoms with Crippen LogP contribution in [0.15, 0.2) is 12.2 Å². The highest BCUT2D eigenvalue weighted by Gasteiger charge is 2.43. The maximum Gasteiger partial charge on any atom is 0.312 e. The first-order valence-corrected chi connectivity index (χ1v) is 9.98. The summed E-state index contributed by atoms with van der Waals surface area (Å²) in [6.45, 7) is 11.2. The molecule has 0 bridgehead atoms. The van der Waals surface area contributed by atoms with E-state index in [1.165, 1.54) is 5.57 Å². The quantitative estimate of drug-likeness (QED) is 0.331. The summed E-state index contributed by atoms with van der Waals surface area (Å²) in [5.41, 5.74) is 5.71. The van der Waals surface area contributed by atoms with Gasteiger partial charge in [0.05, 0.1) is 18.1 Å². The van der Waals surface area contributed by atoms with E-state index in [4.69, 9.17) is 10.5 Å². The first-order chi connectivity index (χ1) is 12.8. The highest BCUT2D eigenvalue weighted by atomic mass is 16.5. The van der Waals surface area contributed by atoms with Crippen molar-refractivity contribution in [1.29, 1.82) is 0 Å². The summed E-state index contributed by atoms with van der Waals surface area (Å²) in [7, 11) is 0. The minimum atomic E-state index is -0.895. The van der Waals surface area contributed by atoms with Gasteiger partial charge in [-0.1, -0.05) is 5.57 Å². The average molecular weight is 384 g/mol. The third kappa shape index (κ3) is 8.41. The van der Waals surface area contributed by atoms with Crippen LogP contribution in [0.5, 0.6) is 0 Å². The van der Waals surface area contributed by atoms with Crippen LogP contribution >= 0.6 is 0 Å². The number of nitrogens with zero attached hydrogens (tertiary/aromatic N) is 1. The summed E-state index contributed by atoms with van der Waals surface area (Å²) < 4.78 is 5.89. The van der Waals surface area contributed by atoms with Crippen LogP contribution in [0.2, 0.25) is 0 Å². The minimum Gasteiger partial charge on any atom is -0.481 e. The second-order valence-corrected chi connectivity index (χ2v) is 7.73. The van der Waals surface area contributed by atoms with Crippen molar-refractivity contribution in [2.45, 2.75) is 58.5 Å². The number of carboxylic acid groups (broad SMARTS) is 1. The molecule has 156 valence electrons. The number of amides is 1. The van der Waals surface area contributed by atoms with E-state index < -0.39 is 11.4 Å². The van der Waals surface area contributed by atoms with Crippen molar-refractivity contribution in [3.05, 3.63) is 12.2 Å². The van der Waals surface area contributed by atoms with E-state index in [-0.39, 0.29) is 18.6 Å². The maximum atomic E-state index is 11.9. The summed E-state index contributed by atoms with van der Waals surface area (Å²) in [4.78, 5) is 25.5. The summed E-state index contributed by atoms with van der Waals surface area (Å²) in [5.74, 6) is -0.827. The standard InChI is InChI=1S/C20H37N3O4/c1-16(2)7-12-22-11-4-5-17(3)27-15-20(19(25)26)8-13-23(14-9-20)18(24)6-10-21/h17,22H,1,4-15,21H2,2-3H3,(H,25,26). The molecule has 1 rings (SSSR count). The Morgan fingerprint density at radius 1 is 1.30 bits per heavy atom. The normalized spacial score (nSPS) is 17.5. The van der Waals surface area contributed by atoms with Gasteiger partial charge in [-0.25, -0.2) is 0 Å². The van der Waals surface area contributed by atoms with Gasteiger partial charge in [-0.15, -0.1) is 6.58 Å². The van der Waals surface area contributed by atoms with Gasteiger partial charge in [0.15, 0.2) is 0 Å². The van der Waals surface area contributed by atoms with Crippen LogP contribution in [-0.2, 0) is 14.3 Å². The van der Waals surface area contributed by atoms with E-state index >= 15 is 0 Å². The Morgan fingerprint density at radius 3 is 2.52 bits per heavy atom. The number of nitrogens with two attached hydrogens (primary N) is 1. The molecule has 7 nitrogen and oxygen atoms in total. The monoisotopic (exact) mass is 383 g/mol. The molecule has 1 fully saturated rings. The molecular weight excluding hydrogens is 346 g/mol. The number of carboxylic acids is 1. The summed E-state index contributed by atoms with van der Waals surface area (Å²) in [6, 6.07) is 0. The molecule has 7 heteroatoms. The van der Waals surface area contributed by atoms with Crippen LogP contribution in [0.25, 0.3) is 0 Å². The number of hydrogen-bond acceptors (Lipinski definition) is 5. The highest BCUT2D eigenvalue weighted by Crippen LogP contribution is 2.33. The van der Waals surface area contributed by atoms with Crippen LogP contribution in [0.3, 0.4) is 0 Å². The Balaban J connectivity index is 2.33. The first-order valence-electron chi connectivity index (χ1n) is 9.98. The van der Waals surface area contributed by atoms with Gasteiger partial charge in [0, 0.05) is 26.1 Å². The lowest BCUT2D eigenvalue weighted by molar-refractivity contribution is -0.161. The van der Waals surface area contributed by atoms with Crippen LogP contribution in [0.1, 0.15) is 52.4 Å². The molecule has 0 aliphatic carbocycles. The van der Waals surface area contributed by atoms with E-state index in [0.29, 0.717) is 38.9 Å². The number of piperidine rings is 1. The number of carbonyl (C=O) groups excluding carboxylic acids is 1. The van der Waals surface area contributed by atoms with Gasteiger partial charge in [0.2, 0.25) is 5.91 Å². The van der Waals surface area contributed by atoms with Gasteiger partial charge < -0.3 is 25.8 Å². The number of nitrogens with one attached hydrogen (secondary N) is 1. The molecule has 1 aliphatic heterocycles. The largest absolute Gasteiger partial charge is 0.481 e. The van der Waals surface area contributed by atoms with Crippen LogP contribution in [0, 0.1) is 5.41 Å². The zero-order valence-corrected chi connectivity index (χ0v) is 17.0. The van der Waals surface area contributed by atoms with Crippen molar-refractivity contribution in [2.24, 2.45) is 11.1 Å². The lowest BCUT2D eigenvalue weighted by Crippen LogP contribution is -2.49. The SMILES string of the molecule is C=C(C)CCNCCCC(C)OCC1(C(=O)O)CCN(C(=O)CCN)CC1. The van der Waals surface area contributed by atoms with E-state index in [0.717, 1.165) is 32.4 Å². The Morgan fingerprint density at radius 2 is 1.96 bits per heavy atom. The maximum absolute atomic E-state index is 11.9. The second-order valence-electron chi connectivity index (χ2n) is 7.73. The van der Waals surface area contributed by atoms with Gasteiger partial charge in [0.25, 0.3) is 0 Å². The summed E-state index contributed by atoms with van der Waals surface area (Å²) in [6.07, 6.45) is 4.03. The highest BCUT2D eigenvalue weighted by molar-refractivity contribution is 5.78. The molecule has 1 aliphatic rings. The summed E-state index contributed by atoms with van der Waals surface area (Å²) in [5, 5.41) is 13.1. The van der Waals surface area contributed by atoms with Gasteiger partial charge in [-0.2, -0.15) is 0 Å². The molecule has 0 radical (unpaired) electrons. The van der Waals surface area contributed by atoms with Crippen molar-refractivity contribution < 1.29 is 19.4 Å². The predicted octanol–water partition coefficient (Wildman–Crippen LogP) is 1.77. The molecule has 4 N–H and O–H groups in total. The smallest absolute Gasteiger partial charge is 0.312 e. The molecule has 1 unspecified atom stereocenters. The predicted molar refractivity (Wildman–Crippen MR) is 107 cm³/mol. The molecule has 1 amide bonds. The molecule has 0 aromatic rings. The van der Waals surface area contributed by atoms with E-state index in [1.54, 1.807) is 4.90 Å². The van der Waals surface area contributed by atoms with E-state index in [2.05, 4.69) is 11.9 Å². The van der Waals surface area contributed by atoms with Crippen LogP contribution in [0.4, 0.5) is 0 Å². The van der Waals surface area contributed by atoms with Crippen molar-refractivity contribution in [3.8, 4) is 0 Å². The molecular formula is C20H37N3O4. The third-order valence-corrected chi connectivity index (χ3v) is 5.22. The molecule has 27 heavy (non-hydrogen) atoms. The number of hydrogen-bond donors (Lipinski definition) is 3. The Labute approximate surface area is 163 Å². The third-order valence-electron chi connectivity index (χ3n) is 5.22. The van der Waals surface area contributed by atoms with E-state index in [9.17, 15) is 14.7 Å². The molecule has 1 heterocycles. The van der Waals surface area contributed by atoms with Crippen molar-refractivity contribution in [1.82, 2.24) is 10.2 Å². The molecule has 0 spiro atoms. The van der Waals surface area contributed by atoms with Gasteiger partial charge >= 0.3 is 5.97 Å². The topological polar surface area (TPSA) is 105 Å².